The van der Waals surface area contributed by atoms with Crippen molar-refractivity contribution >= 4 is 28.2 Å². The Kier molecular flexibility index (Phi) is 4.05. The molecule has 0 aliphatic carbocycles. The molecular formula is C17H21ClN2O. The van der Waals surface area contributed by atoms with Crippen LogP contribution in [0, 0.1) is 6.92 Å². The Hall–Kier alpha value is -1.32. The third-order valence-electron chi connectivity index (χ3n) is 4.08. The summed E-state index contributed by atoms with van der Waals surface area (Å²) in [5.41, 5.74) is 4.36. The first-order valence-corrected chi connectivity index (χ1v) is 7.88. The lowest BCUT2D eigenvalue weighted by Gasteiger charge is -2.29. The van der Waals surface area contributed by atoms with Crippen molar-refractivity contribution in [1.82, 2.24) is 4.98 Å². The number of benzene rings is 1. The molecule has 1 aromatic heterocycles. The molecule has 0 saturated carbocycles. The molecule has 1 aliphatic rings. The lowest BCUT2D eigenvalue weighted by molar-refractivity contribution is 0.122. The fourth-order valence-electron chi connectivity index (χ4n) is 3.03. The van der Waals surface area contributed by atoms with Crippen LogP contribution in [0.3, 0.4) is 0 Å². The normalized spacial score (nSPS) is 16.0. The summed E-state index contributed by atoms with van der Waals surface area (Å²) in [6.07, 6.45) is 0. The maximum atomic E-state index is 6.67. The second kappa shape index (κ2) is 5.82. The van der Waals surface area contributed by atoms with Gasteiger partial charge in [0.05, 0.1) is 23.8 Å². The molecule has 3 rings (SSSR count). The van der Waals surface area contributed by atoms with E-state index in [0.717, 1.165) is 53.5 Å². The fraction of sp³-hybridized carbons (Fsp3) is 0.471. The average molecular weight is 305 g/mol. The van der Waals surface area contributed by atoms with Gasteiger partial charge in [0.2, 0.25) is 0 Å². The Labute approximate surface area is 130 Å². The van der Waals surface area contributed by atoms with Gasteiger partial charge >= 0.3 is 0 Å². The van der Waals surface area contributed by atoms with Crippen LogP contribution in [0.1, 0.15) is 31.0 Å². The zero-order valence-electron chi connectivity index (χ0n) is 12.8. The van der Waals surface area contributed by atoms with Crippen LogP contribution in [0.4, 0.5) is 5.69 Å². The molecule has 1 saturated heterocycles. The maximum Gasteiger partial charge on any atom is 0.0721 e. The molecule has 0 N–H and O–H groups in total. The quantitative estimate of drug-likeness (QED) is 0.833. The number of fused-ring (bicyclic) bond motifs is 1. The van der Waals surface area contributed by atoms with E-state index in [1.807, 2.05) is 6.92 Å². The first-order chi connectivity index (χ1) is 10.1. The molecule has 1 fully saturated rings. The Morgan fingerprint density at radius 2 is 1.95 bits per heavy atom. The fourth-order valence-corrected chi connectivity index (χ4v) is 3.54. The highest BCUT2D eigenvalue weighted by molar-refractivity contribution is 6.36. The molecule has 1 aromatic carbocycles. The largest absolute Gasteiger partial charge is 0.378 e. The van der Waals surface area contributed by atoms with Gasteiger partial charge in [0, 0.05) is 29.9 Å². The van der Waals surface area contributed by atoms with Gasteiger partial charge in [0.25, 0.3) is 0 Å². The first-order valence-electron chi connectivity index (χ1n) is 7.50. The highest BCUT2D eigenvalue weighted by atomic mass is 35.5. The van der Waals surface area contributed by atoms with Crippen molar-refractivity contribution in [2.45, 2.75) is 26.7 Å². The molecule has 2 heterocycles. The molecule has 0 unspecified atom stereocenters. The summed E-state index contributed by atoms with van der Waals surface area (Å²) in [5.74, 6) is 0.376. The standard InChI is InChI=1S/C17H21ClN2O/c1-11(2)16-12(3)19-15-5-4-13(10-14(15)17(16)18)20-6-8-21-9-7-20/h4-5,10-11H,6-9H2,1-3H3. The van der Waals surface area contributed by atoms with Crippen LogP contribution in [0.2, 0.25) is 5.02 Å². The molecule has 21 heavy (non-hydrogen) atoms. The average Bonchev–Trinajstić information content (AvgIpc) is 2.47. The van der Waals surface area contributed by atoms with Crippen molar-refractivity contribution in [3.05, 3.63) is 34.5 Å². The van der Waals surface area contributed by atoms with Crippen LogP contribution in [0.25, 0.3) is 10.9 Å². The highest BCUT2D eigenvalue weighted by Crippen LogP contribution is 2.34. The Balaban J connectivity index is 2.11. The van der Waals surface area contributed by atoms with Gasteiger partial charge in [-0.3, -0.25) is 4.98 Å². The molecule has 1 aliphatic heterocycles. The van der Waals surface area contributed by atoms with Crippen LogP contribution in [-0.4, -0.2) is 31.3 Å². The molecule has 0 atom stereocenters. The Morgan fingerprint density at radius 1 is 1.24 bits per heavy atom. The number of nitrogens with zero attached hydrogens (tertiary/aromatic N) is 2. The number of rotatable bonds is 2. The summed E-state index contributed by atoms with van der Waals surface area (Å²) >= 11 is 6.67. The van der Waals surface area contributed by atoms with Crippen molar-refractivity contribution in [3.8, 4) is 0 Å². The second-order valence-corrected chi connectivity index (χ2v) is 6.26. The molecular weight excluding hydrogens is 284 g/mol. The zero-order chi connectivity index (χ0) is 15.0. The zero-order valence-corrected chi connectivity index (χ0v) is 13.6. The van der Waals surface area contributed by atoms with Crippen LogP contribution >= 0.6 is 11.6 Å². The van der Waals surface area contributed by atoms with E-state index in [9.17, 15) is 0 Å². The van der Waals surface area contributed by atoms with Crippen LogP contribution < -0.4 is 4.90 Å². The number of anilines is 1. The van der Waals surface area contributed by atoms with E-state index in [1.54, 1.807) is 0 Å². The van der Waals surface area contributed by atoms with Crippen molar-refractivity contribution in [2.24, 2.45) is 0 Å². The van der Waals surface area contributed by atoms with Gasteiger partial charge in [0.1, 0.15) is 0 Å². The summed E-state index contributed by atoms with van der Waals surface area (Å²) in [6.45, 7) is 9.79. The number of aromatic nitrogens is 1. The number of halogens is 1. The molecule has 4 heteroatoms. The van der Waals surface area contributed by atoms with Crippen LogP contribution in [0.15, 0.2) is 18.2 Å². The minimum absolute atomic E-state index is 0.376. The number of hydrogen-bond donors (Lipinski definition) is 0. The SMILES string of the molecule is Cc1nc2ccc(N3CCOCC3)cc2c(Cl)c1C(C)C. The van der Waals surface area contributed by atoms with E-state index < -0.39 is 0 Å². The molecule has 0 spiro atoms. The molecule has 2 aromatic rings. The smallest absolute Gasteiger partial charge is 0.0721 e. The molecule has 0 radical (unpaired) electrons. The monoisotopic (exact) mass is 304 g/mol. The van der Waals surface area contributed by atoms with E-state index in [-0.39, 0.29) is 0 Å². The van der Waals surface area contributed by atoms with Crippen molar-refractivity contribution in [2.75, 3.05) is 31.2 Å². The summed E-state index contributed by atoms with van der Waals surface area (Å²) in [7, 11) is 0. The molecule has 0 bridgehead atoms. The number of hydrogen-bond acceptors (Lipinski definition) is 3. The third-order valence-corrected chi connectivity index (χ3v) is 4.49. The maximum absolute atomic E-state index is 6.67. The summed E-state index contributed by atoms with van der Waals surface area (Å²) < 4.78 is 5.42. The minimum atomic E-state index is 0.376. The number of morpholine rings is 1. The predicted molar refractivity (Wildman–Crippen MR) is 88.6 cm³/mol. The number of ether oxygens (including phenoxy) is 1. The lowest BCUT2D eigenvalue weighted by Crippen LogP contribution is -2.36. The number of pyridine rings is 1. The topological polar surface area (TPSA) is 25.4 Å². The third kappa shape index (κ3) is 2.72. The summed E-state index contributed by atoms with van der Waals surface area (Å²) in [5, 5.41) is 1.90. The lowest BCUT2D eigenvalue weighted by atomic mass is 9.99. The van der Waals surface area contributed by atoms with Gasteiger partial charge in [-0.25, -0.2) is 0 Å². The predicted octanol–water partition coefficient (Wildman–Crippen LogP) is 4.16. The highest BCUT2D eigenvalue weighted by Gasteiger charge is 2.16. The Morgan fingerprint density at radius 3 is 2.62 bits per heavy atom. The second-order valence-electron chi connectivity index (χ2n) is 5.88. The van der Waals surface area contributed by atoms with Crippen molar-refractivity contribution in [1.29, 1.82) is 0 Å². The summed E-state index contributed by atoms with van der Waals surface area (Å²) in [6, 6.07) is 6.37. The van der Waals surface area contributed by atoms with Gasteiger partial charge in [-0.15, -0.1) is 0 Å². The molecule has 112 valence electrons. The van der Waals surface area contributed by atoms with Gasteiger partial charge < -0.3 is 9.64 Å². The molecule has 3 nitrogen and oxygen atoms in total. The van der Waals surface area contributed by atoms with E-state index in [1.165, 1.54) is 5.69 Å². The van der Waals surface area contributed by atoms with Crippen LogP contribution in [-0.2, 0) is 4.74 Å². The van der Waals surface area contributed by atoms with E-state index in [4.69, 9.17) is 21.3 Å². The summed E-state index contributed by atoms with van der Waals surface area (Å²) in [4.78, 5) is 7.06. The molecule has 0 amide bonds. The van der Waals surface area contributed by atoms with E-state index in [2.05, 4.69) is 36.9 Å². The Bertz CT molecular complexity index is 663. The van der Waals surface area contributed by atoms with Crippen LogP contribution in [0.5, 0.6) is 0 Å². The van der Waals surface area contributed by atoms with Crippen molar-refractivity contribution in [3.63, 3.8) is 0 Å². The first kappa shape index (κ1) is 14.6. The van der Waals surface area contributed by atoms with E-state index in [0.29, 0.717) is 5.92 Å². The van der Waals surface area contributed by atoms with Gasteiger partial charge in [-0.05, 0) is 36.6 Å². The van der Waals surface area contributed by atoms with E-state index >= 15 is 0 Å². The number of aryl methyl sites for hydroxylation is 1. The van der Waals surface area contributed by atoms with Gasteiger partial charge in [-0.1, -0.05) is 25.4 Å². The van der Waals surface area contributed by atoms with Gasteiger partial charge in [-0.2, -0.15) is 0 Å². The van der Waals surface area contributed by atoms with Crippen molar-refractivity contribution < 1.29 is 4.74 Å². The minimum Gasteiger partial charge on any atom is -0.378 e. The van der Waals surface area contributed by atoms with Gasteiger partial charge in [0.15, 0.2) is 0 Å².